The lowest BCUT2D eigenvalue weighted by Crippen LogP contribution is -2.49. The molecule has 1 atom stereocenters. The average Bonchev–Trinajstić information content (AvgIpc) is 2.93. The Labute approximate surface area is 225 Å². The van der Waals surface area contributed by atoms with E-state index in [9.17, 15) is 18.3 Å². The van der Waals surface area contributed by atoms with Gasteiger partial charge in [0.2, 0.25) is 15.9 Å². The summed E-state index contributed by atoms with van der Waals surface area (Å²) in [6.07, 6.45) is 4.05. The van der Waals surface area contributed by atoms with Gasteiger partial charge in [-0.2, -0.15) is 4.31 Å². The van der Waals surface area contributed by atoms with Crippen molar-refractivity contribution in [3.63, 3.8) is 0 Å². The third-order valence-electron chi connectivity index (χ3n) is 7.87. The fourth-order valence-corrected chi connectivity index (χ4v) is 7.60. The molecule has 0 saturated carbocycles. The van der Waals surface area contributed by atoms with Crippen LogP contribution in [0.3, 0.4) is 0 Å². The maximum Gasteiger partial charge on any atom is 0.248 e. The first-order chi connectivity index (χ1) is 18.4. The standard InChI is InChI=1S/C30H36N2O5S/c33-29(31-19-16-30(34,17-20-31)21-24-9-2-1-3-10-24)23-37-22-26-13-6-7-18-32(26)38(35,36)28-15-8-12-25-11-4-5-14-27(25)28/h1-5,8-12,14-15,26,34H,6-7,13,16-23H2. The van der Waals surface area contributed by atoms with Gasteiger partial charge in [0.05, 0.1) is 17.1 Å². The van der Waals surface area contributed by atoms with Gasteiger partial charge >= 0.3 is 0 Å². The van der Waals surface area contributed by atoms with Crippen molar-refractivity contribution in [1.82, 2.24) is 9.21 Å². The van der Waals surface area contributed by atoms with E-state index < -0.39 is 15.6 Å². The third-order valence-corrected chi connectivity index (χ3v) is 9.88. The highest BCUT2D eigenvalue weighted by Crippen LogP contribution is 2.30. The van der Waals surface area contributed by atoms with Crippen molar-refractivity contribution in [3.05, 3.63) is 78.4 Å². The van der Waals surface area contributed by atoms with Crippen molar-refractivity contribution in [2.24, 2.45) is 0 Å². The molecule has 2 aliphatic heterocycles. The average molecular weight is 537 g/mol. The highest BCUT2D eigenvalue weighted by Gasteiger charge is 2.36. The van der Waals surface area contributed by atoms with Gasteiger partial charge in [-0.15, -0.1) is 0 Å². The zero-order valence-corrected chi connectivity index (χ0v) is 22.5. The van der Waals surface area contributed by atoms with Crippen LogP contribution in [-0.2, 0) is 26.0 Å². The molecule has 3 aromatic carbocycles. The number of amides is 1. The SMILES string of the molecule is O=C(COCC1CCCCN1S(=O)(=O)c1cccc2ccccc12)N1CCC(O)(Cc2ccccc2)CC1. The zero-order valence-electron chi connectivity index (χ0n) is 21.7. The number of carbonyl (C=O) groups excluding carboxylic acids is 1. The predicted octanol–water partition coefficient (Wildman–Crippen LogP) is 4.00. The number of ether oxygens (including phenoxy) is 1. The Bertz CT molecular complexity index is 1350. The van der Waals surface area contributed by atoms with Crippen molar-refractivity contribution in [3.8, 4) is 0 Å². The molecule has 0 spiro atoms. The largest absolute Gasteiger partial charge is 0.389 e. The van der Waals surface area contributed by atoms with Crippen LogP contribution in [0.4, 0.5) is 0 Å². The van der Waals surface area contributed by atoms with Gasteiger partial charge in [-0.05, 0) is 42.7 Å². The van der Waals surface area contributed by atoms with Crippen molar-refractivity contribution in [1.29, 1.82) is 0 Å². The topological polar surface area (TPSA) is 87.2 Å². The van der Waals surface area contributed by atoms with Gasteiger partial charge in [0.1, 0.15) is 6.61 Å². The number of likely N-dealkylation sites (tertiary alicyclic amines) is 1. The number of nitrogens with zero attached hydrogens (tertiary/aromatic N) is 2. The van der Waals surface area contributed by atoms with Gasteiger partial charge in [-0.3, -0.25) is 4.79 Å². The molecular formula is C30H36N2O5S. The lowest BCUT2D eigenvalue weighted by atomic mass is 9.85. The van der Waals surface area contributed by atoms with Gasteiger partial charge < -0.3 is 14.7 Å². The van der Waals surface area contributed by atoms with Gasteiger partial charge in [0.15, 0.2) is 0 Å². The molecule has 2 fully saturated rings. The maximum atomic E-state index is 13.7. The van der Waals surface area contributed by atoms with E-state index in [2.05, 4.69) is 0 Å². The van der Waals surface area contributed by atoms with Crippen LogP contribution in [0.15, 0.2) is 77.7 Å². The second kappa shape index (κ2) is 11.5. The number of sulfonamides is 1. The van der Waals surface area contributed by atoms with E-state index in [-0.39, 0.29) is 25.2 Å². The minimum absolute atomic E-state index is 0.0875. The van der Waals surface area contributed by atoms with Crippen LogP contribution in [0.5, 0.6) is 0 Å². The summed E-state index contributed by atoms with van der Waals surface area (Å²) in [6.45, 7) is 1.50. The molecule has 1 unspecified atom stereocenters. The summed E-state index contributed by atoms with van der Waals surface area (Å²) in [7, 11) is -3.72. The van der Waals surface area contributed by atoms with E-state index in [0.29, 0.717) is 55.6 Å². The number of rotatable bonds is 8. The minimum Gasteiger partial charge on any atom is -0.389 e. The molecule has 0 bridgehead atoms. The molecule has 38 heavy (non-hydrogen) atoms. The summed E-state index contributed by atoms with van der Waals surface area (Å²) >= 11 is 0. The summed E-state index contributed by atoms with van der Waals surface area (Å²) in [5.74, 6) is -0.119. The zero-order chi connectivity index (χ0) is 26.6. The number of benzene rings is 3. The first-order valence-electron chi connectivity index (χ1n) is 13.5. The molecule has 3 aromatic rings. The van der Waals surface area contributed by atoms with Crippen molar-refractivity contribution in [2.75, 3.05) is 32.8 Å². The highest BCUT2D eigenvalue weighted by atomic mass is 32.2. The van der Waals surface area contributed by atoms with E-state index in [0.717, 1.165) is 23.8 Å². The molecule has 7 nitrogen and oxygen atoms in total. The van der Waals surface area contributed by atoms with Crippen LogP contribution >= 0.6 is 0 Å². The Morgan fingerprint density at radius 1 is 0.921 bits per heavy atom. The quantitative estimate of drug-likeness (QED) is 0.470. The normalized spacial score (nSPS) is 20.4. The van der Waals surface area contributed by atoms with Crippen LogP contribution in [0.2, 0.25) is 0 Å². The summed E-state index contributed by atoms with van der Waals surface area (Å²) in [4.78, 5) is 14.9. The van der Waals surface area contributed by atoms with Gasteiger partial charge in [0.25, 0.3) is 0 Å². The van der Waals surface area contributed by atoms with E-state index in [1.165, 1.54) is 0 Å². The molecule has 202 valence electrons. The van der Waals surface area contributed by atoms with E-state index >= 15 is 0 Å². The fourth-order valence-electron chi connectivity index (χ4n) is 5.70. The first kappa shape index (κ1) is 26.8. The van der Waals surface area contributed by atoms with E-state index in [1.807, 2.05) is 60.7 Å². The number of piperidine rings is 2. The Morgan fingerprint density at radius 2 is 1.63 bits per heavy atom. The Kier molecular flexibility index (Phi) is 8.14. The van der Waals surface area contributed by atoms with Crippen LogP contribution in [0.1, 0.15) is 37.7 Å². The van der Waals surface area contributed by atoms with Gasteiger partial charge in [-0.1, -0.05) is 73.2 Å². The molecule has 2 heterocycles. The van der Waals surface area contributed by atoms with E-state index in [1.54, 1.807) is 21.3 Å². The number of hydrogen-bond donors (Lipinski definition) is 1. The highest BCUT2D eigenvalue weighted by molar-refractivity contribution is 7.89. The predicted molar refractivity (Wildman–Crippen MR) is 147 cm³/mol. The van der Waals surface area contributed by atoms with Crippen LogP contribution in [0, 0.1) is 0 Å². The van der Waals surface area contributed by atoms with Crippen LogP contribution < -0.4 is 0 Å². The fraction of sp³-hybridized carbons (Fsp3) is 0.433. The number of aliphatic hydroxyl groups is 1. The molecule has 5 rings (SSSR count). The minimum atomic E-state index is -3.72. The van der Waals surface area contributed by atoms with Gasteiger partial charge in [-0.25, -0.2) is 8.42 Å². The number of fused-ring (bicyclic) bond motifs is 1. The lowest BCUT2D eigenvalue weighted by Gasteiger charge is -2.38. The second-order valence-electron chi connectivity index (χ2n) is 10.5. The van der Waals surface area contributed by atoms with Crippen molar-refractivity contribution < 1.29 is 23.1 Å². The monoisotopic (exact) mass is 536 g/mol. The Hall–Kier alpha value is -2.78. The summed E-state index contributed by atoms with van der Waals surface area (Å²) in [6, 6.07) is 22.5. The molecule has 0 radical (unpaired) electrons. The summed E-state index contributed by atoms with van der Waals surface area (Å²) < 4.78 is 34.8. The maximum absolute atomic E-state index is 13.7. The molecule has 0 aliphatic carbocycles. The molecule has 0 aromatic heterocycles. The summed E-state index contributed by atoms with van der Waals surface area (Å²) in [5, 5.41) is 12.6. The van der Waals surface area contributed by atoms with Crippen LogP contribution in [-0.4, -0.2) is 73.1 Å². The number of hydrogen-bond acceptors (Lipinski definition) is 5. The Morgan fingerprint density at radius 3 is 2.42 bits per heavy atom. The first-order valence-corrected chi connectivity index (χ1v) is 14.9. The molecule has 8 heteroatoms. The Balaban J connectivity index is 1.16. The van der Waals surface area contributed by atoms with Crippen LogP contribution in [0.25, 0.3) is 10.8 Å². The van der Waals surface area contributed by atoms with Crippen molar-refractivity contribution in [2.45, 2.75) is 55.1 Å². The molecule has 2 aliphatic rings. The number of carbonyl (C=O) groups is 1. The molecular weight excluding hydrogens is 500 g/mol. The molecule has 1 N–H and O–H groups in total. The lowest BCUT2D eigenvalue weighted by molar-refractivity contribution is -0.140. The van der Waals surface area contributed by atoms with Gasteiger partial charge in [0, 0.05) is 37.5 Å². The molecule has 2 saturated heterocycles. The smallest absolute Gasteiger partial charge is 0.248 e. The summed E-state index contributed by atoms with van der Waals surface area (Å²) in [5.41, 5.74) is 0.283. The molecule has 1 amide bonds. The van der Waals surface area contributed by atoms with E-state index in [4.69, 9.17) is 4.74 Å². The third kappa shape index (κ3) is 5.94. The van der Waals surface area contributed by atoms with Crippen molar-refractivity contribution >= 4 is 26.7 Å². The second-order valence-corrected chi connectivity index (χ2v) is 12.4.